The minimum absolute atomic E-state index is 0.271. The molecule has 1 spiro atoms. The Hall–Kier alpha value is -1.50. The van der Waals surface area contributed by atoms with E-state index >= 15 is 0 Å². The average Bonchev–Trinajstić information content (AvgIpc) is 3.08. The maximum atomic E-state index is 5.98. The van der Waals surface area contributed by atoms with E-state index in [1.54, 1.807) is 11.3 Å². The van der Waals surface area contributed by atoms with E-state index in [4.69, 9.17) is 4.74 Å². The first-order valence-corrected chi connectivity index (χ1v) is 9.54. The van der Waals surface area contributed by atoms with E-state index < -0.39 is 0 Å². The predicted octanol–water partition coefficient (Wildman–Crippen LogP) is 2.66. The number of anilines is 1. The Labute approximate surface area is 147 Å². The van der Waals surface area contributed by atoms with Crippen molar-refractivity contribution in [3.8, 4) is 0 Å². The molecule has 0 unspecified atom stereocenters. The van der Waals surface area contributed by atoms with Crippen LogP contribution in [-0.2, 0) is 11.3 Å². The van der Waals surface area contributed by atoms with Crippen LogP contribution in [0.15, 0.2) is 36.1 Å². The molecule has 2 saturated heterocycles. The van der Waals surface area contributed by atoms with Gasteiger partial charge in [0.2, 0.25) is 0 Å². The third-order valence-electron chi connectivity index (χ3n) is 5.18. The van der Waals surface area contributed by atoms with Crippen LogP contribution in [0.4, 0.5) is 5.13 Å². The first-order valence-electron chi connectivity index (χ1n) is 8.67. The lowest BCUT2D eigenvalue weighted by molar-refractivity contribution is 0.0201. The number of nitrogens with zero attached hydrogens (tertiary/aromatic N) is 4. The van der Waals surface area contributed by atoms with Crippen LogP contribution in [0.25, 0.3) is 0 Å². The second kappa shape index (κ2) is 7.17. The topological polar surface area (TPSA) is 41.5 Å². The minimum atomic E-state index is 0.271. The maximum Gasteiger partial charge on any atom is 0.185 e. The highest BCUT2D eigenvalue weighted by Gasteiger charge is 2.38. The summed E-state index contributed by atoms with van der Waals surface area (Å²) in [6.45, 7) is 6.97. The minimum Gasteiger partial charge on any atom is -0.379 e. The SMILES string of the molecule is c1cncc(CN2CCC3(CC2)COCCN(c2nccs2)C3)c1. The molecule has 4 heterocycles. The molecule has 6 heteroatoms. The summed E-state index contributed by atoms with van der Waals surface area (Å²) in [7, 11) is 0. The van der Waals surface area contributed by atoms with Crippen LogP contribution in [0, 0.1) is 5.41 Å². The van der Waals surface area contributed by atoms with Crippen LogP contribution in [0.2, 0.25) is 0 Å². The largest absolute Gasteiger partial charge is 0.379 e. The lowest BCUT2D eigenvalue weighted by atomic mass is 9.78. The van der Waals surface area contributed by atoms with Gasteiger partial charge in [-0.25, -0.2) is 4.98 Å². The van der Waals surface area contributed by atoms with Gasteiger partial charge in [-0.2, -0.15) is 0 Å². The fourth-order valence-corrected chi connectivity index (χ4v) is 4.44. The van der Waals surface area contributed by atoms with Gasteiger partial charge in [-0.05, 0) is 37.6 Å². The summed E-state index contributed by atoms with van der Waals surface area (Å²) in [6.07, 6.45) is 8.09. The zero-order valence-corrected chi connectivity index (χ0v) is 14.7. The molecule has 2 aliphatic heterocycles. The molecule has 2 aromatic heterocycles. The van der Waals surface area contributed by atoms with Crippen molar-refractivity contribution in [1.29, 1.82) is 0 Å². The van der Waals surface area contributed by atoms with E-state index in [1.165, 1.54) is 18.4 Å². The summed E-state index contributed by atoms with van der Waals surface area (Å²) in [6, 6.07) is 4.18. The van der Waals surface area contributed by atoms with Gasteiger partial charge in [0, 0.05) is 49.0 Å². The molecule has 2 fully saturated rings. The van der Waals surface area contributed by atoms with E-state index in [2.05, 4.69) is 31.2 Å². The van der Waals surface area contributed by atoms with E-state index in [0.717, 1.165) is 51.1 Å². The fourth-order valence-electron chi connectivity index (χ4n) is 3.77. The molecule has 0 amide bonds. The third-order valence-corrected chi connectivity index (χ3v) is 6.01. The number of aromatic nitrogens is 2. The van der Waals surface area contributed by atoms with E-state index in [1.807, 2.05) is 24.7 Å². The number of rotatable bonds is 3. The molecule has 0 atom stereocenters. The van der Waals surface area contributed by atoms with Crippen LogP contribution in [0.5, 0.6) is 0 Å². The van der Waals surface area contributed by atoms with Crippen LogP contribution in [0.1, 0.15) is 18.4 Å². The van der Waals surface area contributed by atoms with Crippen molar-refractivity contribution in [2.24, 2.45) is 5.41 Å². The molecule has 4 rings (SSSR count). The molecule has 0 saturated carbocycles. The highest BCUT2D eigenvalue weighted by molar-refractivity contribution is 7.13. The first kappa shape index (κ1) is 16.0. The summed E-state index contributed by atoms with van der Waals surface area (Å²) in [5.74, 6) is 0. The summed E-state index contributed by atoms with van der Waals surface area (Å²) >= 11 is 1.73. The van der Waals surface area contributed by atoms with E-state index in [0.29, 0.717) is 0 Å². The normalized spacial score (nSPS) is 21.8. The Kier molecular flexibility index (Phi) is 4.78. The van der Waals surface area contributed by atoms with Crippen molar-refractivity contribution >= 4 is 16.5 Å². The van der Waals surface area contributed by atoms with Crippen molar-refractivity contribution in [3.63, 3.8) is 0 Å². The van der Waals surface area contributed by atoms with Crippen LogP contribution < -0.4 is 4.90 Å². The van der Waals surface area contributed by atoms with Gasteiger partial charge in [0.15, 0.2) is 5.13 Å². The average molecular weight is 344 g/mol. The van der Waals surface area contributed by atoms with Gasteiger partial charge in [0.05, 0.1) is 13.2 Å². The summed E-state index contributed by atoms with van der Waals surface area (Å²) in [5, 5.41) is 3.20. The van der Waals surface area contributed by atoms with Gasteiger partial charge in [-0.1, -0.05) is 6.07 Å². The highest BCUT2D eigenvalue weighted by atomic mass is 32.1. The number of ether oxygens (including phenoxy) is 1. The van der Waals surface area contributed by atoms with Crippen molar-refractivity contribution in [3.05, 3.63) is 41.7 Å². The number of hydrogen-bond acceptors (Lipinski definition) is 6. The van der Waals surface area contributed by atoms with Crippen molar-refractivity contribution in [2.45, 2.75) is 19.4 Å². The summed E-state index contributed by atoms with van der Waals surface area (Å²) in [4.78, 5) is 13.7. The van der Waals surface area contributed by atoms with Crippen LogP contribution >= 0.6 is 11.3 Å². The monoisotopic (exact) mass is 344 g/mol. The molecule has 2 aliphatic rings. The molecular formula is C18H24N4OS. The second-order valence-corrected chi connectivity index (χ2v) is 7.80. The number of pyridine rings is 1. The van der Waals surface area contributed by atoms with Crippen molar-refractivity contribution in [2.75, 3.05) is 44.3 Å². The number of piperidine rings is 1. The van der Waals surface area contributed by atoms with Crippen LogP contribution in [0.3, 0.4) is 0 Å². The molecule has 5 nitrogen and oxygen atoms in total. The molecule has 2 aromatic rings. The first-order chi connectivity index (χ1) is 11.8. The third kappa shape index (κ3) is 3.61. The van der Waals surface area contributed by atoms with Gasteiger partial charge in [-0.3, -0.25) is 9.88 Å². The van der Waals surface area contributed by atoms with Crippen molar-refractivity contribution in [1.82, 2.24) is 14.9 Å². The van der Waals surface area contributed by atoms with Crippen LogP contribution in [-0.4, -0.2) is 54.3 Å². The standard InChI is InChI=1S/C18H24N4OS/c1-2-16(12-19-5-1)13-21-7-3-18(4-8-21)14-22(9-10-23-15-18)17-20-6-11-24-17/h1-2,5-6,11-12H,3-4,7-10,13-15H2. The highest BCUT2D eigenvalue weighted by Crippen LogP contribution is 2.36. The number of hydrogen-bond donors (Lipinski definition) is 0. The summed E-state index contributed by atoms with van der Waals surface area (Å²) < 4.78 is 5.98. The predicted molar refractivity (Wildman–Crippen MR) is 96.3 cm³/mol. The Balaban J connectivity index is 1.39. The zero-order chi connectivity index (χ0) is 16.2. The Bertz CT molecular complexity index is 626. The summed E-state index contributed by atoms with van der Waals surface area (Å²) in [5.41, 5.74) is 1.57. The van der Waals surface area contributed by atoms with Gasteiger partial charge < -0.3 is 9.64 Å². The van der Waals surface area contributed by atoms with Gasteiger partial charge >= 0.3 is 0 Å². The van der Waals surface area contributed by atoms with Gasteiger partial charge in [0.1, 0.15) is 0 Å². The van der Waals surface area contributed by atoms with E-state index in [9.17, 15) is 0 Å². The Morgan fingerprint density at radius 3 is 2.88 bits per heavy atom. The molecule has 0 bridgehead atoms. The maximum absolute atomic E-state index is 5.98. The molecular weight excluding hydrogens is 320 g/mol. The van der Waals surface area contributed by atoms with Gasteiger partial charge in [0.25, 0.3) is 0 Å². The lowest BCUT2D eigenvalue weighted by Gasteiger charge is -2.42. The lowest BCUT2D eigenvalue weighted by Crippen LogP contribution is -2.47. The Morgan fingerprint density at radius 2 is 2.12 bits per heavy atom. The molecule has 0 aromatic carbocycles. The quantitative estimate of drug-likeness (QED) is 0.856. The molecule has 128 valence electrons. The molecule has 0 N–H and O–H groups in total. The van der Waals surface area contributed by atoms with E-state index in [-0.39, 0.29) is 5.41 Å². The Morgan fingerprint density at radius 1 is 1.21 bits per heavy atom. The molecule has 24 heavy (non-hydrogen) atoms. The number of thiazole rings is 1. The zero-order valence-electron chi connectivity index (χ0n) is 13.9. The fraction of sp³-hybridized carbons (Fsp3) is 0.556. The second-order valence-electron chi connectivity index (χ2n) is 6.93. The smallest absolute Gasteiger partial charge is 0.185 e. The number of likely N-dealkylation sites (tertiary alicyclic amines) is 1. The molecule has 0 aliphatic carbocycles. The molecule has 0 radical (unpaired) electrons. The van der Waals surface area contributed by atoms with Gasteiger partial charge in [-0.15, -0.1) is 11.3 Å². The van der Waals surface area contributed by atoms with Crippen molar-refractivity contribution < 1.29 is 4.74 Å².